The summed E-state index contributed by atoms with van der Waals surface area (Å²) in [6.07, 6.45) is -6.91. The Morgan fingerprint density at radius 2 is 1.80 bits per heavy atom. The van der Waals surface area contributed by atoms with E-state index in [-0.39, 0.29) is 11.3 Å². The molecule has 6 nitrogen and oxygen atoms in total. The largest absolute Gasteiger partial charge is 0.434 e. The molecule has 2 amide bonds. The summed E-state index contributed by atoms with van der Waals surface area (Å²) in [4.78, 5) is 24.4. The second-order valence-electron chi connectivity index (χ2n) is 8.07. The molecule has 13 heteroatoms. The Labute approximate surface area is 194 Å². The molecule has 1 saturated heterocycles. The summed E-state index contributed by atoms with van der Waals surface area (Å²) in [7, 11) is 0. The van der Waals surface area contributed by atoms with Crippen molar-refractivity contribution in [3.05, 3.63) is 59.2 Å². The summed E-state index contributed by atoms with van der Waals surface area (Å²) in [5, 5.41) is 2.22. The highest BCUT2D eigenvalue weighted by Gasteiger charge is 2.65. The number of nitrogens with one attached hydrogen (secondary N) is 1. The van der Waals surface area contributed by atoms with E-state index in [0.29, 0.717) is 13.0 Å². The molecule has 0 bridgehead atoms. The Balaban J connectivity index is 2.07. The van der Waals surface area contributed by atoms with Crippen molar-refractivity contribution < 1.29 is 49.8 Å². The molecule has 0 spiro atoms. The Morgan fingerprint density at radius 1 is 1.14 bits per heavy atom. The van der Waals surface area contributed by atoms with Gasteiger partial charge in [0.05, 0.1) is 5.56 Å². The van der Waals surface area contributed by atoms with E-state index in [0.717, 1.165) is 37.3 Å². The molecule has 1 heterocycles. The Hall–Kier alpha value is -3.35. The molecule has 0 radical (unpaired) electrons. The van der Waals surface area contributed by atoms with Crippen LogP contribution in [0.3, 0.4) is 0 Å². The lowest BCUT2D eigenvalue weighted by atomic mass is 9.77. The first-order valence-electron chi connectivity index (χ1n) is 10.0. The van der Waals surface area contributed by atoms with Crippen molar-refractivity contribution in [3.8, 4) is 5.75 Å². The molecule has 190 valence electrons. The normalized spacial score (nSPS) is 24.5. The van der Waals surface area contributed by atoms with Crippen LogP contribution in [0, 0.1) is 17.6 Å². The minimum absolute atomic E-state index is 0.191. The predicted octanol–water partition coefficient (Wildman–Crippen LogP) is 4.74. The van der Waals surface area contributed by atoms with Gasteiger partial charge in [0.15, 0.2) is 5.60 Å². The third kappa shape index (κ3) is 5.04. The van der Waals surface area contributed by atoms with Gasteiger partial charge in [-0.15, -0.1) is 0 Å². The molecule has 3 N–H and O–H groups in total. The first kappa shape index (κ1) is 26.3. The molecule has 0 unspecified atom stereocenters. The number of hydrogen-bond acceptors (Lipinski definition) is 4. The fourth-order valence-electron chi connectivity index (χ4n) is 4.01. The smallest absolute Gasteiger partial charge is 0.417 e. The molecule has 2 aromatic carbocycles. The van der Waals surface area contributed by atoms with Gasteiger partial charge in [-0.3, -0.25) is 9.59 Å². The average Bonchev–Trinajstić information content (AvgIpc) is 3.01. The van der Waals surface area contributed by atoms with Gasteiger partial charge in [-0.25, -0.2) is 8.78 Å². The van der Waals surface area contributed by atoms with Gasteiger partial charge in [0.1, 0.15) is 23.5 Å². The van der Waals surface area contributed by atoms with E-state index in [1.807, 2.05) is 0 Å². The van der Waals surface area contributed by atoms with Crippen LogP contribution < -0.4 is 15.8 Å². The monoisotopic (exact) mass is 508 g/mol. The number of hydrogen-bond donors (Lipinski definition) is 2. The van der Waals surface area contributed by atoms with Gasteiger partial charge in [0, 0.05) is 29.2 Å². The van der Waals surface area contributed by atoms with E-state index in [4.69, 9.17) is 10.5 Å². The highest BCUT2D eigenvalue weighted by Crippen LogP contribution is 2.54. The van der Waals surface area contributed by atoms with Crippen molar-refractivity contribution in [2.45, 2.75) is 44.3 Å². The molecule has 1 fully saturated rings. The van der Waals surface area contributed by atoms with E-state index in [1.165, 1.54) is 0 Å². The number of anilines is 1. The topological polar surface area (TPSA) is 90.6 Å². The summed E-state index contributed by atoms with van der Waals surface area (Å²) in [5.74, 6) is -8.13. The number of carbonyl (C=O) groups is 2. The fraction of sp³-hybridized carbons (Fsp3) is 0.364. The molecule has 35 heavy (non-hydrogen) atoms. The van der Waals surface area contributed by atoms with Crippen molar-refractivity contribution in [1.29, 1.82) is 0 Å². The van der Waals surface area contributed by atoms with Crippen molar-refractivity contribution >= 4 is 17.5 Å². The number of alkyl halides is 5. The lowest BCUT2D eigenvalue weighted by molar-refractivity contribution is -0.272. The van der Waals surface area contributed by atoms with E-state index >= 15 is 0 Å². The number of benzene rings is 2. The van der Waals surface area contributed by atoms with E-state index in [9.17, 15) is 40.3 Å². The molecule has 0 aromatic heterocycles. The number of nitrogens with two attached hydrogens (primary N) is 1. The molecular weight excluding hydrogens is 489 g/mol. The van der Waals surface area contributed by atoms with E-state index < -0.39 is 71.1 Å². The van der Waals surface area contributed by atoms with Crippen LogP contribution in [0.5, 0.6) is 5.75 Å². The van der Waals surface area contributed by atoms with Gasteiger partial charge in [-0.2, -0.15) is 22.0 Å². The first-order valence-corrected chi connectivity index (χ1v) is 10.0. The van der Waals surface area contributed by atoms with Crippen LogP contribution in [0.1, 0.15) is 35.7 Å². The molecule has 4 atom stereocenters. The summed E-state index contributed by atoms with van der Waals surface area (Å²) < 4.78 is 105. The number of halogens is 7. The number of ether oxygens (including phenoxy) is 2. The Morgan fingerprint density at radius 3 is 2.37 bits per heavy atom. The maximum absolute atomic E-state index is 13.9. The number of carbonyl (C=O) groups excluding carboxylic acids is 2. The van der Waals surface area contributed by atoms with Gasteiger partial charge in [0.2, 0.25) is 0 Å². The third-order valence-electron chi connectivity index (χ3n) is 5.98. The van der Waals surface area contributed by atoms with Crippen LogP contribution in [0.25, 0.3) is 0 Å². The second kappa shape index (κ2) is 9.36. The summed E-state index contributed by atoms with van der Waals surface area (Å²) in [6, 6.07) is 5.01. The minimum atomic E-state index is -4.99. The van der Waals surface area contributed by atoms with E-state index in [1.54, 1.807) is 0 Å². The van der Waals surface area contributed by atoms with Gasteiger partial charge in [0.25, 0.3) is 11.8 Å². The lowest BCUT2D eigenvalue weighted by Gasteiger charge is -2.32. The predicted molar refractivity (Wildman–Crippen MR) is 108 cm³/mol. The minimum Gasteiger partial charge on any atom is -0.434 e. The van der Waals surface area contributed by atoms with Crippen molar-refractivity contribution in [2.75, 3.05) is 5.32 Å². The lowest BCUT2D eigenvalue weighted by Crippen LogP contribution is -2.47. The SMILES string of the molecule is C[C@H]1[C@@H](c2ccc(F)cc2OC(F)F)[C@@H](C(=O)Nc2ccc(F)c(C(N)=O)c2)O[C@@]1(C)C(F)(F)F. The van der Waals surface area contributed by atoms with Gasteiger partial charge >= 0.3 is 12.8 Å². The standard InChI is InChI=1S/C22H19F7N2O4/c1-9-16(12-5-3-10(23)7-15(12)34-20(25)26)17(35-21(9,2)22(27,28)29)19(33)31-11-4-6-14(24)13(8-11)18(30)32/h3-9,16-17,20H,1-2H3,(H2,30,32)(H,31,33)/t9-,16-,17-,21+/m0/s1. The van der Waals surface area contributed by atoms with Crippen LogP contribution in [0.4, 0.5) is 36.4 Å². The average molecular weight is 508 g/mol. The molecule has 0 aliphatic carbocycles. The zero-order chi connectivity index (χ0) is 26.3. The summed E-state index contributed by atoms with van der Waals surface area (Å²) in [6.45, 7) is -1.64. The van der Waals surface area contributed by atoms with Crippen LogP contribution in [0.2, 0.25) is 0 Å². The van der Waals surface area contributed by atoms with E-state index in [2.05, 4.69) is 10.1 Å². The van der Waals surface area contributed by atoms with Crippen LogP contribution in [-0.2, 0) is 9.53 Å². The molecule has 1 aliphatic heterocycles. The molecule has 3 rings (SSSR count). The van der Waals surface area contributed by atoms with Crippen LogP contribution >= 0.6 is 0 Å². The zero-order valence-corrected chi connectivity index (χ0v) is 18.1. The highest BCUT2D eigenvalue weighted by molar-refractivity contribution is 5.98. The van der Waals surface area contributed by atoms with Crippen molar-refractivity contribution in [2.24, 2.45) is 11.7 Å². The summed E-state index contributed by atoms with van der Waals surface area (Å²) in [5.41, 5.74) is 1.05. The van der Waals surface area contributed by atoms with Gasteiger partial charge in [-0.05, 0) is 31.2 Å². The number of rotatable bonds is 6. The maximum atomic E-state index is 13.9. The fourth-order valence-corrected chi connectivity index (χ4v) is 4.01. The molecule has 1 aliphatic rings. The molecular formula is C22H19F7N2O4. The zero-order valence-electron chi connectivity index (χ0n) is 18.1. The quantitative estimate of drug-likeness (QED) is 0.552. The van der Waals surface area contributed by atoms with Crippen molar-refractivity contribution in [1.82, 2.24) is 0 Å². The molecule has 2 aromatic rings. The highest BCUT2D eigenvalue weighted by atomic mass is 19.4. The summed E-state index contributed by atoms with van der Waals surface area (Å²) >= 11 is 0. The third-order valence-corrected chi connectivity index (χ3v) is 5.98. The number of amides is 2. The second-order valence-corrected chi connectivity index (χ2v) is 8.07. The number of primary amides is 1. The Kier molecular flexibility index (Phi) is 7.02. The maximum Gasteiger partial charge on any atom is 0.417 e. The van der Waals surface area contributed by atoms with Crippen molar-refractivity contribution in [3.63, 3.8) is 0 Å². The van der Waals surface area contributed by atoms with Crippen LogP contribution in [-0.4, -0.2) is 36.3 Å². The Bertz CT molecular complexity index is 1140. The first-order chi connectivity index (χ1) is 16.2. The molecule has 0 saturated carbocycles. The van der Waals surface area contributed by atoms with Crippen LogP contribution in [0.15, 0.2) is 36.4 Å². The van der Waals surface area contributed by atoms with Gasteiger partial charge < -0.3 is 20.5 Å². The van der Waals surface area contributed by atoms with Gasteiger partial charge in [-0.1, -0.05) is 13.0 Å².